The summed E-state index contributed by atoms with van der Waals surface area (Å²) in [5.41, 5.74) is 2.13. The maximum absolute atomic E-state index is 4.51. The van der Waals surface area contributed by atoms with Crippen LogP contribution in [0.1, 0.15) is 16.3 Å². The van der Waals surface area contributed by atoms with Crippen molar-refractivity contribution in [3.05, 3.63) is 52.1 Å². The smallest absolute Gasteiger partial charge is 0.156 e. The number of aryl methyl sites for hydroxylation is 1. The summed E-state index contributed by atoms with van der Waals surface area (Å²) < 4.78 is 1.83. The van der Waals surface area contributed by atoms with E-state index in [0.29, 0.717) is 0 Å². The molecule has 80 valence electrons. The van der Waals surface area contributed by atoms with Gasteiger partial charge in [-0.25, -0.2) is 9.50 Å². The number of hydrogen-bond acceptors (Lipinski definition) is 3. The lowest BCUT2D eigenvalue weighted by Gasteiger charge is -1.91. The minimum Gasteiger partial charge on any atom is -0.221 e. The van der Waals surface area contributed by atoms with Crippen LogP contribution in [-0.2, 0) is 6.42 Å². The van der Waals surface area contributed by atoms with Crippen LogP contribution >= 0.6 is 11.3 Å². The number of thiophene rings is 1. The van der Waals surface area contributed by atoms with Gasteiger partial charge in [-0.1, -0.05) is 6.07 Å². The zero-order valence-corrected chi connectivity index (χ0v) is 9.74. The number of fused-ring (bicyclic) bond motifs is 1. The molecule has 3 aromatic rings. The van der Waals surface area contributed by atoms with E-state index in [9.17, 15) is 0 Å². The lowest BCUT2D eigenvalue weighted by Crippen LogP contribution is -1.89. The summed E-state index contributed by atoms with van der Waals surface area (Å²) in [6.45, 7) is 2.06. The molecule has 0 unspecified atom stereocenters. The summed E-state index contributed by atoms with van der Waals surface area (Å²) in [5.74, 6) is 0.882. The molecular weight excluding hydrogens is 218 g/mol. The first-order valence-corrected chi connectivity index (χ1v) is 6.03. The second kappa shape index (κ2) is 3.72. The third-order valence-corrected chi connectivity index (χ3v) is 3.33. The second-order valence-corrected chi connectivity index (χ2v) is 4.82. The molecule has 0 aromatic carbocycles. The van der Waals surface area contributed by atoms with Crippen LogP contribution in [-0.4, -0.2) is 14.6 Å². The maximum atomic E-state index is 4.51. The van der Waals surface area contributed by atoms with Gasteiger partial charge in [0.15, 0.2) is 11.5 Å². The highest BCUT2D eigenvalue weighted by atomic mass is 32.1. The van der Waals surface area contributed by atoms with Gasteiger partial charge in [0.25, 0.3) is 0 Å². The Morgan fingerprint density at radius 2 is 2.31 bits per heavy atom. The topological polar surface area (TPSA) is 30.2 Å². The lowest BCUT2D eigenvalue weighted by atomic mass is 10.3. The third-order valence-electron chi connectivity index (χ3n) is 2.45. The van der Waals surface area contributed by atoms with Gasteiger partial charge in [-0.2, -0.15) is 5.10 Å². The Kier molecular flexibility index (Phi) is 2.22. The van der Waals surface area contributed by atoms with Crippen molar-refractivity contribution in [2.75, 3.05) is 0 Å². The first kappa shape index (κ1) is 9.54. The van der Waals surface area contributed by atoms with Crippen molar-refractivity contribution >= 4 is 17.0 Å². The number of nitrogens with zero attached hydrogens (tertiary/aromatic N) is 3. The van der Waals surface area contributed by atoms with Crippen LogP contribution in [0, 0.1) is 6.92 Å². The normalized spacial score (nSPS) is 11.1. The van der Waals surface area contributed by atoms with E-state index in [1.165, 1.54) is 10.4 Å². The fourth-order valence-electron chi connectivity index (χ4n) is 1.67. The van der Waals surface area contributed by atoms with Gasteiger partial charge in [0.05, 0.1) is 0 Å². The first-order chi connectivity index (χ1) is 7.81. The molecule has 0 atom stereocenters. The fraction of sp³-hybridized carbons (Fsp3) is 0.167. The molecule has 0 aliphatic heterocycles. The number of rotatable bonds is 2. The molecule has 0 bridgehead atoms. The average Bonchev–Trinajstić information content (AvgIpc) is 2.86. The lowest BCUT2D eigenvalue weighted by molar-refractivity contribution is 0.903. The molecule has 0 N–H and O–H groups in total. The zero-order chi connectivity index (χ0) is 11.0. The number of aromatic nitrogens is 3. The van der Waals surface area contributed by atoms with Crippen LogP contribution in [0.4, 0.5) is 0 Å². The zero-order valence-electron chi connectivity index (χ0n) is 8.92. The van der Waals surface area contributed by atoms with E-state index in [0.717, 1.165) is 17.9 Å². The molecule has 0 aliphatic rings. The molecule has 0 aliphatic carbocycles. The molecule has 3 nitrogen and oxygen atoms in total. The third kappa shape index (κ3) is 1.72. The summed E-state index contributed by atoms with van der Waals surface area (Å²) in [6, 6.07) is 8.25. The highest BCUT2D eigenvalue weighted by Gasteiger charge is 2.05. The molecule has 3 rings (SSSR count). The molecular formula is C12H11N3S. The molecule has 0 amide bonds. The molecule has 4 heteroatoms. The van der Waals surface area contributed by atoms with Gasteiger partial charge in [0.1, 0.15) is 0 Å². The Bertz CT molecular complexity index is 610. The Morgan fingerprint density at radius 1 is 1.38 bits per heavy atom. The summed E-state index contributed by atoms with van der Waals surface area (Å²) in [5, 5.41) is 6.52. The molecule has 16 heavy (non-hydrogen) atoms. The van der Waals surface area contributed by atoms with Crippen LogP contribution in [0.2, 0.25) is 0 Å². The van der Waals surface area contributed by atoms with Crippen molar-refractivity contribution < 1.29 is 0 Å². The van der Waals surface area contributed by atoms with Crippen molar-refractivity contribution in [1.29, 1.82) is 0 Å². The number of pyridine rings is 1. The van der Waals surface area contributed by atoms with Gasteiger partial charge >= 0.3 is 0 Å². The minimum absolute atomic E-state index is 0.818. The summed E-state index contributed by atoms with van der Waals surface area (Å²) in [6.07, 6.45) is 2.77. The maximum Gasteiger partial charge on any atom is 0.156 e. The first-order valence-electron chi connectivity index (χ1n) is 5.15. The standard InChI is InChI=1S/C12H11N3S/c1-9-4-5-15-12(7-9)13-11(14-15)8-10-3-2-6-16-10/h2-7H,8H2,1H3. The summed E-state index contributed by atoms with van der Waals surface area (Å²) in [7, 11) is 0. The number of hydrogen-bond donors (Lipinski definition) is 0. The van der Waals surface area contributed by atoms with Crippen LogP contribution < -0.4 is 0 Å². The van der Waals surface area contributed by atoms with Crippen molar-refractivity contribution in [3.8, 4) is 0 Å². The van der Waals surface area contributed by atoms with Crippen LogP contribution in [0.3, 0.4) is 0 Å². The highest BCUT2D eigenvalue weighted by molar-refractivity contribution is 7.09. The monoisotopic (exact) mass is 229 g/mol. The Balaban J connectivity index is 1.99. The van der Waals surface area contributed by atoms with E-state index < -0.39 is 0 Å². The highest BCUT2D eigenvalue weighted by Crippen LogP contribution is 2.13. The van der Waals surface area contributed by atoms with E-state index in [-0.39, 0.29) is 0 Å². The molecule has 0 saturated heterocycles. The van der Waals surface area contributed by atoms with Crippen LogP contribution in [0.15, 0.2) is 35.8 Å². The summed E-state index contributed by atoms with van der Waals surface area (Å²) >= 11 is 1.74. The average molecular weight is 229 g/mol. The van der Waals surface area contributed by atoms with Gasteiger partial charge in [0.2, 0.25) is 0 Å². The molecule has 0 fully saturated rings. The van der Waals surface area contributed by atoms with Crippen molar-refractivity contribution in [3.63, 3.8) is 0 Å². The SMILES string of the molecule is Cc1ccn2nc(Cc3cccs3)nc2c1. The van der Waals surface area contributed by atoms with E-state index in [4.69, 9.17) is 0 Å². The van der Waals surface area contributed by atoms with Crippen LogP contribution in [0.25, 0.3) is 5.65 Å². The van der Waals surface area contributed by atoms with E-state index in [1.54, 1.807) is 11.3 Å². The van der Waals surface area contributed by atoms with Crippen LogP contribution in [0.5, 0.6) is 0 Å². The predicted molar refractivity (Wildman–Crippen MR) is 64.8 cm³/mol. The van der Waals surface area contributed by atoms with Gasteiger partial charge in [-0.15, -0.1) is 11.3 Å². The molecule has 3 aromatic heterocycles. The fourth-order valence-corrected chi connectivity index (χ4v) is 2.37. The van der Waals surface area contributed by atoms with Gasteiger partial charge < -0.3 is 0 Å². The quantitative estimate of drug-likeness (QED) is 0.676. The second-order valence-electron chi connectivity index (χ2n) is 3.79. The van der Waals surface area contributed by atoms with Crippen molar-refractivity contribution in [1.82, 2.24) is 14.6 Å². The minimum atomic E-state index is 0.818. The Labute approximate surface area is 97.4 Å². The van der Waals surface area contributed by atoms with Gasteiger partial charge in [-0.05, 0) is 36.1 Å². The van der Waals surface area contributed by atoms with Crippen molar-refractivity contribution in [2.45, 2.75) is 13.3 Å². The van der Waals surface area contributed by atoms with Gasteiger partial charge in [-0.3, -0.25) is 0 Å². The largest absolute Gasteiger partial charge is 0.221 e. The van der Waals surface area contributed by atoms with E-state index in [1.807, 2.05) is 22.8 Å². The molecule has 3 heterocycles. The predicted octanol–water partition coefficient (Wildman–Crippen LogP) is 2.69. The molecule has 0 spiro atoms. The summed E-state index contributed by atoms with van der Waals surface area (Å²) in [4.78, 5) is 5.81. The van der Waals surface area contributed by atoms with E-state index in [2.05, 4.69) is 34.5 Å². The van der Waals surface area contributed by atoms with E-state index >= 15 is 0 Å². The molecule has 0 radical (unpaired) electrons. The Hall–Kier alpha value is -1.68. The van der Waals surface area contributed by atoms with Crippen molar-refractivity contribution in [2.24, 2.45) is 0 Å². The Morgan fingerprint density at radius 3 is 3.12 bits per heavy atom. The van der Waals surface area contributed by atoms with Gasteiger partial charge in [0, 0.05) is 17.5 Å². The molecule has 0 saturated carbocycles.